The van der Waals surface area contributed by atoms with E-state index in [1.807, 2.05) is 13.8 Å². The maximum absolute atomic E-state index is 11.5. The lowest BCUT2D eigenvalue weighted by atomic mass is 10.2. The molecule has 0 spiro atoms. The van der Waals surface area contributed by atoms with Crippen molar-refractivity contribution in [3.8, 4) is 5.88 Å². The van der Waals surface area contributed by atoms with Gasteiger partial charge >= 0.3 is 6.09 Å². The van der Waals surface area contributed by atoms with Gasteiger partial charge in [-0.15, -0.1) is 0 Å². The highest BCUT2D eigenvalue weighted by Crippen LogP contribution is 2.14. The fourth-order valence-electron chi connectivity index (χ4n) is 1.12. The van der Waals surface area contributed by atoms with E-state index in [-0.39, 0.29) is 6.10 Å². The van der Waals surface area contributed by atoms with Gasteiger partial charge in [-0.2, -0.15) is 0 Å². The Balaban J connectivity index is 2.65. The highest BCUT2D eigenvalue weighted by atomic mass is 16.6. The molecule has 0 fully saturated rings. The molecule has 0 unspecified atom stereocenters. The van der Waals surface area contributed by atoms with Gasteiger partial charge in [0.25, 0.3) is 0 Å². The summed E-state index contributed by atoms with van der Waals surface area (Å²) in [7, 11) is 0. The zero-order valence-corrected chi connectivity index (χ0v) is 11.4. The summed E-state index contributed by atoms with van der Waals surface area (Å²) >= 11 is 0. The predicted molar refractivity (Wildman–Crippen MR) is 67.7 cm³/mol. The molecule has 1 rings (SSSR count). The largest absolute Gasteiger partial charge is 0.475 e. The number of aromatic nitrogens is 2. The average Bonchev–Trinajstić information content (AvgIpc) is 2.13. The molecule has 1 amide bonds. The van der Waals surface area contributed by atoms with Crippen molar-refractivity contribution in [2.24, 2.45) is 0 Å². The third kappa shape index (κ3) is 5.47. The van der Waals surface area contributed by atoms with Crippen LogP contribution in [-0.2, 0) is 4.74 Å². The van der Waals surface area contributed by atoms with Crippen LogP contribution in [0.5, 0.6) is 5.88 Å². The van der Waals surface area contributed by atoms with Gasteiger partial charge in [0.05, 0.1) is 6.10 Å². The Kier molecular flexibility index (Phi) is 4.47. The highest BCUT2D eigenvalue weighted by Gasteiger charge is 2.16. The van der Waals surface area contributed by atoms with Gasteiger partial charge in [-0.3, -0.25) is 5.32 Å². The Labute approximate surface area is 107 Å². The van der Waals surface area contributed by atoms with E-state index in [4.69, 9.17) is 9.47 Å². The second-order valence-electron chi connectivity index (χ2n) is 5.03. The number of hydrogen-bond acceptors (Lipinski definition) is 5. The monoisotopic (exact) mass is 253 g/mol. The Morgan fingerprint density at radius 1 is 1.33 bits per heavy atom. The number of carbonyl (C=O) groups is 1. The number of ether oxygens (including phenoxy) is 2. The van der Waals surface area contributed by atoms with Crippen LogP contribution in [0, 0.1) is 0 Å². The van der Waals surface area contributed by atoms with Gasteiger partial charge in [0.2, 0.25) is 5.88 Å². The molecule has 0 aromatic carbocycles. The number of carbonyl (C=O) groups excluding carboxylic acids is 1. The Morgan fingerprint density at radius 3 is 2.56 bits per heavy atom. The number of amides is 1. The van der Waals surface area contributed by atoms with E-state index >= 15 is 0 Å². The molecule has 18 heavy (non-hydrogen) atoms. The molecule has 0 aliphatic rings. The van der Waals surface area contributed by atoms with Gasteiger partial charge in [0, 0.05) is 6.07 Å². The molecule has 0 radical (unpaired) electrons. The molecule has 1 heterocycles. The van der Waals surface area contributed by atoms with E-state index in [0.717, 1.165) is 0 Å². The molecule has 1 N–H and O–H groups in total. The molecular formula is C12H19N3O3. The average molecular weight is 253 g/mol. The SMILES string of the molecule is CC(C)Oc1cc(NC(=O)OC(C)(C)C)ncn1. The van der Waals surface area contributed by atoms with Gasteiger partial charge in [-0.05, 0) is 34.6 Å². The van der Waals surface area contributed by atoms with Crippen LogP contribution in [0.2, 0.25) is 0 Å². The van der Waals surface area contributed by atoms with Crippen LogP contribution in [0.4, 0.5) is 10.6 Å². The Bertz CT molecular complexity index is 413. The van der Waals surface area contributed by atoms with E-state index in [1.165, 1.54) is 6.33 Å². The van der Waals surface area contributed by atoms with E-state index in [2.05, 4.69) is 15.3 Å². The van der Waals surface area contributed by atoms with Crippen LogP contribution in [-0.4, -0.2) is 27.8 Å². The molecule has 0 saturated heterocycles. The standard InChI is InChI=1S/C12H19N3O3/c1-8(2)17-10-6-9(13-7-14-10)15-11(16)18-12(3,4)5/h6-8H,1-5H3,(H,13,14,15,16). The first-order valence-electron chi connectivity index (χ1n) is 5.75. The zero-order chi connectivity index (χ0) is 13.8. The minimum absolute atomic E-state index is 0.00859. The lowest BCUT2D eigenvalue weighted by Crippen LogP contribution is -2.27. The Hall–Kier alpha value is -1.85. The fraction of sp³-hybridized carbons (Fsp3) is 0.583. The van der Waals surface area contributed by atoms with E-state index in [9.17, 15) is 4.79 Å². The van der Waals surface area contributed by atoms with Crippen molar-refractivity contribution in [3.05, 3.63) is 12.4 Å². The minimum Gasteiger partial charge on any atom is -0.475 e. The van der Waals surface area contributed by atoms with Crippen molar-refractivity contribution >= 4 is 11.9 Å². The van der Waals surface area contributed by atoms with Crippen molar-refractivity contribution in [3.63, 3.8) is 0 Å². The quantitative estimate of drug-likeness (QED) is 0.896. The summed E-state index contributed by atoms with van der Waals surface area (Å²) in [5, 5.41) is 2.52. The number of hydrogen-bond donors (Lipinski definition) is 1. The summed E-state index contributed by atoms with van der Waals surface area (Å²) in [4.78, 5) is 19.4. The topological polar surface area (TPSA) is 73.3 Å². The predicted octanol–water partition coefficient (Wildman–Crippen LogP) is 2.61. The minimum atomic E-state index is -0.559. The van der Waals surface area contributed by atoms with Crippen LogP contribution in [0.1, 0.15) is 34.6 Å². The third-order valence-corrected chi connectivity index (χ3v) is 1.63. The molecule has 6 heteroatoms. The smallest absolute Gasteiger partial charge is 0.413 e. The van der Waals surface area contributed by atoms with Crippen LogP contribution >= 0.6 is 0 Å². The first-order chi connectivity index (χ1) is 8.26. The van der Waals surface area contributed by atoms with Crippen LogP contribution in [0.25, 0.3) is 0 Å². The van der Waals surface area contributed by atoms with Crippen molar-refractivity contribution in [1.29, 1.82) is 0 Å². The Morgan fingerprint density at radius 2 is 2.00 bits per heavy atom. The molecule has 0 atom stereocenters. The van der Waals surface area contributed by atoms with Crippen molar-refractivity contribution in [2.45, 2.75) is 46.3 Å². The molecular weight excluding hydrogens is 234 g/mol. The maximum atomic E-state index is 11.5. The highest BCUT2D eigenvalue weighted by molar-refractivity contribution is 5.83. The van der Waals surface area contributed by atoms with Crippen molar-refractivity contribution < 1.29 is 14.3 Å². The van der Waals surface area contributed by atoms with E-state index in [0.29, 0.717) is 11.7 Å². The van der Waals surface area contributed by atoms with Crippen molar-refractivity contribution in [1.82, 2.24) is 9.97 Å². The first kappa shape index (κ1) is 14.2. The number of nitrogens with zero attached hydrogens (tertiary/aromatic N) is 2. The molecule has 100 valence electrons. The summed E-state index contributed by atoms with van der Waals surface area (Å²) in [6.45, 7) is 9.16. The van der Waals surface area contributed by atoms with Gasteiger partial charge in [-0.25, -0.2) is 14.8 Å². The second kappa shape index (κ2) is 5.66. The van der Waals surface area contributed by atoms with E-state index in [1.54, 1.807) is 26.8 Å². The summed E-state index contributed by atoms with van der Waals surface area (Å²) in [6, 6.07) is 1.55. The second-order valence-corrected chi connectivity index (χ2v) is 5.03. The molecule has 1 aromatic heterocycles. The number of nitrogens with one attached hydrogen (secondary N) is 1. The summed E-state index contributed by atoms with van der Waals surface area (Å²) in [6.07, 6.45) is 0.774. The maximum Gasteiger partial charge on any atom is 0.413 e. The molecule has 0 aliphatic heterocycles. The van der Waals surface area contributed by atoms with Crippen LogP contribution < -0.4 is 10.1 Å². The molecule has 1 aromatic rings. The van der Waals surface area contributed by atoms with Gasteiger partial charge in [0.1, 0.15) is 17.7 Å². The number of anilines is 1. The van der Waals surface area contributed by atoms with Crippen molar-refractivity contribution in [2.75, 3.05) is 5.32 Å². The lowest BCUT2D eigenvalue weighted by molar-refractivity contribution is 0.0635. The summed E-state index contributed by atoms with van der Waals surface area (Å²) in [5.41, 5.74) is -0.547. The molecule has 6 nitrogen and oxygen atoms in total. The first-order valence-corrected chi connectivity index (χ1v) is 5.75. The molecule has 0 bridgehead atoms. The van der Waals surface area contributed by atoms with Gasteiger partial charge in [-0.1, -0.05) is 0 Å². The van der Waals surface area contributed by atoms with Gasteiger partial charge < -0.3 is 9.47 Å². The molecule has 0 saturated carbocycles. The third-order valence-electron chi connectivity index (χ3n) is 1.63. The van der Waals surface area contributed by atoms with Crippen LogP contribution in [0.15, 0.2) is 12.4 Å². The number of rotatable bonds is 3. The zero-order valence-electron chi connectivity index (χ0n) is 11.4. The van der Waals surface area contributed by atoms with E-state index < -0.39 is 11.7 Å². The molecule has 0 aliphatic carbocycles. The van der Waals surface area contributed by atoms with Gasteiger partial charge in [0.15, 0.2) is 0 Å². The van der Waals surface area contributed by atoms with Crippen LogP contribution in [0.3, 0.4) is 0 Å². The lowest BCUT2D eigenvalue weighted by Gasteiger charge is -2.19. The summed E-state index contributed by atoms with van der Waals surface area (Å²) < 4.78 is 10.5. The summed E-state index contributed by atoms with van der Waals surface area (Å²) in [5.74, 6) is 0.751. The normalized spacial score (nSPS) is 11.2. The fourth-order valence-corrected chi connectivity index (χ4v) is 1.12.